The second kappa shape index (κ2) is 5.55. The summed E-state index contributed by atoms with van der Waals surface area (Å²) in [6.07, 6.45) is 8.31. The van der Waals surface area contributed by atoms with E-state index in [9.17, 15) is 4.79 Å². The van der Waals surface area contributed by atoms with Crippen molar-refractivity contribution in [3.05, 3.63) is 29.8 Å². The van der Waals surface area contributed by atoms with Crippen LogP contribution in [-0.4, -0.2) is 25.2 Å². The minimum Gasteiger partial charge on any atom is -0.310 e. The van der Waals surface area contributed by atoms with E-state index in [1.165, 1.54) is 32.1 Å². The van der Waals surface area contributed by atoms with Gasteiger partial charge in [0.15, 0.2) is 0 Å². The van der Waals surface area contributed by atoms with Crippen molar-refractivity contribution >= 4 is 17.8 Å². The molecule has 1 aliphatic carbocycles. The third-order valence-electron chi connectivity index (χ3n) is 4.15. The molecule has 3 rings (SSSR count). The fourth-order valence-corrected chi connectivity index (χ4v) is 3.11. The number of hydrogen-bond acceptors (Lipinski definition) is 2. The first-order valence-electron chi connectivity index (χ1n) is 7.24. The van der Waals surface area contributed by atoms with Crippen molar-refractivity contribution in [2.45, 2.75) is 32.1 Å². The zero-order valence-electron chi connectivity index (χ0n) is 11.2. The van der Waals surface area contributed by atoms with Crippen LogP contribution in [0.25, 0.3) is 0 Å². The number of carbonyl (C=O) groups excluding carboxylic acids is 1. The third-order valence-corrected chi connectivity index (χ3v) is 4.15. The van der Waals surface area contributed by atoms with Crippen LogP contribution in [-0.2, 0) is 4.79 Å². The van der Waals surface area contributed by atoms with Gasteiger partial charge in [0.2, 0.25) is 5.91 Å². The van der Waals surface area contributed by atoms with Crippen molar-refractivity contribution < 1.29 is 4.79 Å². The summed E-state index contributed by atoms with van der Waals surface area (Å²) < 4.78 is 0. The minimum absolute atomic E-state index is 0.131. The van der Waals surface area contributed by atoms with Gasteiger partial charge in [0.1, 0.15) is 6.54 Å². The highest BCUT2D eigenvalue weighted by molar-refractivity contribution is 6.03. The highest BCUT2D eigenvalue weighted by Gasteiger charge is 2.24. The normalized spacial score (nSPS) is 20.2. The molecule has 0 spiro atoms. The lowest BCUT2D eigenvalue weighted by molar-refractivity contribution is -0.117. The smallest absolute Gasteiger partial charge is 0.248 e. The van der Waals surface area contributed by atoms with Crippen molar-refractivity contribution in [1.82, 2.24) is 0 Å². The molecule has 0 radical (unpaired) electrons. The first-order chi connectivity index (χ1) is 9.34. The summed E-state index contributed by atoms with van der Waals surface area (Å²) in [6, 6.07) is 8.07. The Labute approximate surface area is 114 Å². The molecule has 3 heteroatoms. The van der Waals surface area contributed by atoms with Crippen LogP contribution in [0.4, 0.5) is 5.69 Å². The van der Waals surface area contributed by atoms with Gasteiger partial charge in [-0.05, 0) is 24.8 Å². The number of rotatable bonds is 2. The van der Waals surface area contributed by atoms with Crippen LogP contribution < -0.4 is 4.90 Å². The van der Waals surface area contributed by atoms with Gasteiger partial charge in [0.05, 0.1) is 5.69 Å². The number of para-hydroxylation sites is 1. The summed E-state index contributed by atoms with van der Waals surface area (Å²) in [5.74, 6) is 0.788. The van der Waals surface area contributed by atoms with Gasteiger partial charge in [0, 0.05) is 18.3 Å². The van der Waals surface area contributed by atoms with E-state index in [0.29, 0.717) is 5.92 Å². The lowest BCUT2D eigenvalue weighted by Gasteiger charge is -2.29. The maximum absolute atomic E-state index is 12.3. The molecule has 1 aliphatic heterocycles. The van der Waals surface area contributed by atoms with Crippen LogP contribution in [0.3, 0.4) is 0 Å². The van der Waals surface area contributed by atoms with Gasteiger partial charge in [-0.25, -0.2) is 0 Å². The second-order valence-electron chi connectivity index (χ2n) is 5.54. The maximum atomic E-state index is 12.3. The zero-order chi connectivity index (χ0) is 13.1. The summed E-state index contributed by atoms with van der Waals surface area (Å²) in [4.78, 5) is 18.4. The molecule has 100 valence electrons. The predicted octanol–water partition coefficient (Wildman–Crippen LogP) is 3.03. The number of nitrogens with zero attached hydrogens (tertiary/aromatic N) is 2. The van der Waals surface area contributed by atoms with Gasteiger partial charge in [0.25, 0.3) is 0 Å². The van der Waals surface area contributed by atoms with E-state index in [1.807, 2.05) is 35.4 Å². The molecule has 3 nitrogen and oxygen atoms in total. The fourth-order valence-electron chi connectivity index (χ4n) is 3.11. The Morgan fingerprint density at radius 1 is 1.16 bits per heavy atom. The average Bonchev–Trinajstić information content (AvgIpc) is 2.61. The molecule has 0 atom stereocenters. The molecule has 1 saturated carbocycles. The number of hydrogen-bond donors (Lipinski definition) is 0. The van der Waals surface area contributed by atoms with Crippen LogP contribution in [0, 0.1) is 5.92 Å². The third kappa shape index (κ3) is 2.70. The number of amides is 1. The molecule has 0 N–H and O–H groups in total. The van der Waals surface area contributed by atoms with E-state index >= 15 is 0 Å². The summed E-state index contributed by atoms with van der Waals surface area (Å²) in [6.45, 7) is 1.14. The number of anilines is 1. The highest BCUT2D eigenvalue weighted by Crippen LogP contribution is 2.28. The number of carbonyl (C=O) groups is 1. The minimum atomic E-state index is 0.131. The van der Waals surface area contributed by atoms with Crippen LogP contribution in [0.15, 0.2) is 29.3 Å². The van der Waals surface area contributed by atoms with Crippen LogP contribution in [0.2, 0.25) is 0 Å². The van der Waals surface area contributed by atoms with Crippen LogP contribution in [0.1, 0.15) is 37.7 Å². The van der Waals surface area contributed by atoms with Crippen molar-refractivity contribution in [3.63, 3.8) is 0 Å². The number of benzene rings is 1. The zero-order valence-corrected chi connectivity index (χ0v) is 11.2. The van der Waals surface area contributed by atoms with E-state index < -0.39 is 0 Å². The standard InChI is InChI=1S/C16H20N2O/c19-16-11-17-10-14-8-4-5-9-15(14)18(16)12-13-6-2-1-3-7-13/h4-5,8-10,13H,1-3,6-7,11-12H2. The van der Waals surface area contributed by atoms with Gasteiger partial charge in [-0.15, -0.1) is 0 Å². The van der Waals surface area contributed by atoms with Gasteiger partial charge < -0.3 is 4.90 Å². The largest absolute Gasteiger partial charge is 0.310 e. The van der Waals surface area contributed by atoms with Crippen molar-refractivity contribution in [1.29, 1.82) is 0 Å². The van der Waals surface area contributed by atoms with Gasteiger partial charge in [-0.2, -0.15) is 0 Å². The van der Waals surface area contributed by atoms with E-state index in [-0.39, 0.29) is 12.5 Å². The number of benzodiazepines with no additional fused rings is 1. The van der Waals surface area contributed by atoms with Gasteiger partial charge >= 0.3 is 0 Å². The predicted molar refractivity (Wildman–Crippen MR) is 77.8 cm³/mol. The summed E-state index contributed by atoms with van der Waals surface area (Å²) in [5, 5.41) is 0. The molecule has 1 aromatic rings. The monoisotopic (exact) mass is 256 g/mol. The first kappa shape index (κ1) is 12.4. The summed E-state index contributed by atoms with van der Waals surface area (Å²) >= 11 is 0. The van der Waals surface area contributed by atoms with Crippen molar-refractivity contribution in [3.8, 4) is 0 Å². The summed E-state index contributed by atoms with van der Waals surface area (Å²) in [5.41, 5.74) is 2.09. The molecule has 1 fully saturated rings. The van der Waals surface area contributed by atoms with Gasteiger partial charge in [-0.3, -0.25) is 9.79 Å². The van der Waals surface area contributed by atoms with E-state index in [2.05, 4.69) is 4.99 Å². The van der Waals surface area contributed by atoms with Crippen molar-refractivity contribution in [2.24, 2.45) is 10.9 Å². The molecule has 0 bridgehead atoms. The molecule has 0 saturated heterocycles. The van der Waals surface area contributed by atoms with Crippen LogP contribution in [0.5, 0.6) is 0 Å². The molecule has 0 unspecified atom stereocenters. The second-order valence-corrected chi connectivity index (χ2v) is 5.54. The Morgan fingerprint density at radius 2 is 1.95 bits per heavy atom. The highest BCUT2D eigenvalue weighted by atomic mass is 16.2. The Bertz CT molecular complexity index is 489. The molecular weight excluding hydrogens is 236 g/mol. The Balaban J connectivity index is 1.84. The lowest BCUT2D eigenvalue weighted by Crippen LogP contribution is -2.37. The molecular formula is C16H20N2O. The van der Waals surface area contributed by atoms with E-state index in [4.69, 9.17) is 0 Å². The van der Waals surface area contributed by atoms with E-state index in [0.717, 1.165) is 17.8 Å². The van der Waals surface area contributed by atoms with Gasteiger partial charge in [-0.1, -0.05) is 37.5 Å². The molecule has 1 aromatic carbocycles. The van der Waals surface area contributed by atoms with E-state index in [1.54, 1.807) is 0 Å². The average molecular weight is 256 g/mol. The Kier molecular flexibility index (Phi) is 3.62. The molecule has 0 aromatic heterocycles. The SMILES string of the molecule is O=C1CN=Cc2ccccc2N1CC1CCCCC1. The molecule has 19 heavy (non-hydrogen) atoms. The lowest BCUT2D eigenvalue weighted by atomic mass is 9.88. The molecule has 1 amide bonds. The number of fused-ring (bicyclic) bond motifs is 1. The Morgan fingerprint density at radius 3 is 2.79 bits per heavy atom. The topological polar surface area (TPSA) is 32.7 Å². The van der Waals surface area contributed by atoms with Crippen LogP contribution >= 0.6 is 0 Å². The van der Waals surface area contributed by atoms with Crippen molar-refractivity contribution in [2.75, 3.05) is 18.0 Å². The molecule has 2 aliphatic rings. The quantitative estimate of drug-likeness (QED) is 0.800. The first-order valence-corrected chi connectivity index (χ1v) is 7.24. The Hall–Kier alpha value is -1.64. The number of aliphatic imine (C=N–C) groups is 1. The fraction of sp³-hybridized carbons (Fsp3) is 0.500. The summed E-state index contributed by atoms with van der Waals surface area (Å²) in [7, 11) is 0. The molecule has 1 heterocycles. The maximum Gasteiger partial charge on any atom is 0.248 e.